The van der Waals surface area contributed by atoms with Gasteiger partial charge in [-0.25, -0.2) is 4.39 Å². The lowest BCUT2D eigenvalue weighted by Crippen LogP contribution is -2.27. The van der Waals surface area contributed by atoms with Crippen molar-refractivity contribution in [1.29, 1.82) is 0 Å². The lowest BCUT2D eigenvalue weighted by Gasteiger charge is -2.24. The molecule has 120 valence electrons. The van der Waals surface area contributed by atoms with Crippen LogP contribution in [0.3, 0.4) is 0 Å². The second-order valence-corrected chi connectivity index (χ2v) is 5.35. The Morgan fingerprint density at radius 3 is 2.26 bits per heavy atom. The third-order valence-corrected chi connectivity index (χ3v) is 3.90. The van der Waals surface area contributed by atoms with Crippen molar-refractivity contribution in [1.82, 2.24) is 4.90 Å². The van der Waals surface area contributed by atoms with Gasteiger partial charge in [0.1, 0.15) is 5.82 Å². The largest absolute Gasteiger partial charge is 0.369 e. The molecule has 1 N–H and O–H groups in total. The molecule has 0 aliphatic rings. The normalized spacial score (nSPS) is 13.3. The molecule has 1 atom stereocenters. The molecule has 0 bridgehead atoms. The molecule has 2 nitrogen and oxygen atoms in total. The number of benzene rings is 2. The minimum absolute atomic E-state index is 0.387. The van der Waals surface area contributed by atoms with E-state index in [9.17, 15) is 9.50 Å². The zero-order valence-corrected chi connectivity index (χ0v) is 13.6. The van der Waals surface area contributed by atoms with Gasteiger partial charge in [-0.05, 0) is 25.2 Å². The fraction of sp³-hybridized carbons (Fsp3) is 0.300. The Balaban J connectivity index is 2.43. The summed E-state index contributed by atoms with van der Waals surface area (Å²) in [6.45, 7) is 6.50. The molecule has 0 saturated heterocycles. The van der Waals surface area contributed by atoms with E-state index >= 15 is 0 Å². The van der Waals surface area contributed by atoms with Gasteiger partial charge in [0.25, 0.3) is 0 Å². The van der Waals surface area contributed by atoms with Crippen molar-refractivity contribution in [3.05, 3.63) is 71.5 Å². The van der Waals surface area contributed by atoms with Crippen LogP contribution in [0.15, 0.2) is 54.6 Å². The number of hydrogen-bond donors (Lipinski definition) is 1. The average Bonchev–Trinajstić information content (AvgIpc) is 2.59. The van der Waals surface area contributed by atoms with Gasteiger partial charge in [-0.3, -0.25) is 4.90 Å². The number of aliphatic hydroxyl groups is 1. The summed E-state index contributed by atoms with van der Waals surface area (Å²) in [5.41, 5.74) is -0.440. The van der Waals surface area contributed by atoms with E-state index in [0.717, 1.165) is 13.1 Å². The average molecular weight is 311 g/mol. The lowest BCUT2D eigenvalue weighted by molar-refractivity contribution is 0.144. The highest BCUT2D eigenvalue weighted by Gasteiger charge is 2.29. The summed E-state index contributed by atoms with van der Waals surface area (Å²) in [4.78, 5) is 2.16. The smallest absolute Gasteiger partial charge is 0.177 e. The summed E-state index contributed by atoms with van der Waals surface area (Å²) in [6, 6.07) is 15.1. The first-order chi connectivity index (χ1) is 11.1. The van der Waals surface area contributed by atoms with Crippen molar-refractivity contribution in [3.8, 4) is 11.8 Å². The summed E-state index contributed by atoms with van der Waals surface area (Å²) in [6.07, 6.45) is 0. The van der Waals surface area contributed by atoms with Crippen LogP contribution in [-0.2, 0) is 5.60 Å². The van der Waals surface area contributed by atoms with Gasteiger partial charge in [-0.2, -0.15) is 0 Å². The molecule has 2 aromatic carbocycles. The van der Waals surface area contributed by atoms with Crippen LogP contribution >= 0.6 is 0 Å². The molecule has 0 unspecified atom stereocenters. The van der Waals surface area contributed by atoms with Gasteiger partial charge in [-0.15, -0.1) is 0 Å². The predicted octanol–water partition coefficient (Wildman–Crippen LogP) is 3.41. The van der Waals surface area contributed by atoms with Crippen LogP contribution < -0.4 is 0 Å². The van der Waals surface area contributed by atoms with Crippen LogP contribution in [0.5, 0.6) is 0 Å². The van der Waals surface area contributed by atoms with E-state index in [1.807, 2.05) is 18.2 Å². The predicted molar refractivity (Wildman–Crippen MR) is 91.4 cm³/mol. The van der Waals surface area contributed by atoms with E-state index in [0.29, 0.717) is 17.7 Å². The third kappa shape index (κ3) is 4.19. The molecular weight excluding hydrogens is 289 g/mol. The zero-order chi connectivity index (χ0) is 16.7. The Morgan fingerprint density at radius 2 is 1.65 bits per heavy atom. The summed E-state index contributed by atoms with van der Waals surface area (Å²) in [5, 5.41) is 11.2. The van der Waals surface area contributed by atoms with Crippen LogP contribution in [0.25, 0.3) is 0 Å². The lowest BCUT2D eigenvalue weighted by atomic mass is 9.87. The van der Waals surface area contributed by atoms with E-state index in [-0.39, 0.29) is 5.82 Å². The first-order valence-electron chi connectivity index (χ1n) is 7.86. The molecule has 0 aliphatic carbocycles. The molecule has 0 heterocycles. The second kappa shape index (κ2) is 7.92. The summed E-state index contributed by atoms with van der Waals surface area (Å²) in [7, 11) is 0. The number of hydrogen-bond acceptors (Lipinski definition) is 2. The maximum absolute atomic E-state index is 13.6. The van der Waals surface area contributed by atoms with Gasteiger partial charge in [0.05, 0.1) is 6.54 Å². The minimum atomic E-state index is -1.52. The molecule has 0 saturated carbocycles. The fourth-order valence-corrected chi connectivity index (χ4v) is 2.43. The van der Waals surface area contributed by atoms with E-state index in [1.54, 1.807) is 24.3 Å². The molecule has 2 aromatic rings. The van der Waals surface area contributed by atoms with Crippen LogP contribution in [-0.4, -0.2) is 29.6 Å². The Hall–Kier alpha value is -2.15. The molecule has 0 aliphatic heterocycles. The van der Waals surface area contributed by atoms with Crippen molar-refractivity contribution in [2.45, 2.75) is 19.4 Å². The van der Waals surface area contributed by atoms with Crippen LogP contribution in [0.1, 0.15) is 25.0 Å². The summed E-state index contributed by atoms with van der Waals surface area (Å²) in [5.74, 6) is 5.61. The molecule has 2 rings (SSSR count). The maximum atomic E-state index is 13.6. The quantitative estimate of drug-likeness (QED) is 0.856. The fourth-order valence-electron chi connectivity index (χ4n) is 2.43. The Bertz CT molecular complexity index is 686. The van der Waals surface area contributed by atoms with E-state index in [4.69, 9.17) is 0 Å². The highest BCUT2D eigenvalue weighted by atomic mass is 19.1. The van der Waals surface area contributed by atoms with Crippen molar-refractivity contribution < 1.29 is 9.50 Å². The van der Waals surface area contributed by atoms with E-state index in [1.165, 1.54) is 12.1 Å². The van der Waals surface area contributed by atoms with E-state index < -0.39 is 5.60 Å². The molecular formula is C20H22FNO. The third-order valence-electron chi connectivity index (χ3n) is 3.90. The van der Waals surface area contributed by atoms with Gasteiger partial charge in [0.2, 0.25) is 0 Å². The Kier molecular flexibility index (Phi) is 5.92. The van der Waals surface area contributed by atoms with Crippen molar-refractivity contribution >= 4 is 0 Å². The highest BCUT2D eigenvalue weighted by Crippen LogP contribution is 2.29. The van der Waals surface area contributed by atoms with Crippen LogP contribution in [0.2, 0.25) is 0 Å². The zero-order valence-electron chi connectivity index (χ0n) is 13.6. The van der Waals surface area contributed by atoms with Gasteiger partial charge < -0.3 is 5.11 Å². The minimum Gasteiger partial charge on any atom is -0.369 e. The molecule has 0 fully saturated rings. The molecule has 23 heavy (non-hydrogen) atoms. The Labute approximate surface area is 137 Å². The standard InChI is InChI=1S/C20H22FNO/c1-3-22(4-2)15-9-14-20(23,17-10-6-5-7-11-17)18-12-8-13-19(21)16-18/h5-8,10-13,16,23H,3-4,15H2,1-2H3/t20-/m0/s1. The van der Waals surface area contributed by atoms with Gasteiger partial charge in [0.15, 0.2) is 5.60 Å². The van der Waals surface area contributed by atoms with Crippen molar-refractivity contribution in [2.75, 3.05) is 19.6 Å². The SMILES string of the molecule is CCN(CC)CC#C[C@](O)(c1ccccc1)c1cccc(F)c1. The maximum Gasteiger partial charge on any atom is 0.177 e. The number of nitrogens with zero attached hydrogens (tertiary/aromatic N) is 1. The summed E-state index contributed by atoms with van der Waals surface area (Å²) >= 11 is 0. The Morgan fingerprint density at radius 1 is 1.00 bits per heavy atom. The van der Waals surface area contributed by atoms with Crippen molar-refractivity contribution in [2.24, 2.45) is 0 Å². The molecule has 0 radical (unpaired) electrons. The van der Waals surface area contributed by atoms with Crippen molar-refractivity contribution in [3.63, 3.8) is 0 Å². The summed E-state index contributed by atoms with van der Waals surface area (Å²) < 4.78 is 13.6. The van der Waals surface area contributed by atoms with Gasteiger partial charge in [-0.1, -0.05) is 68.2 Å². The molecule has 3 heteroatoms. The first kappa shape index (κ1) is 17.2. The molecule has 0 amide bonds. The second-order valence-electron chi connectivity index (χ2n) is 5.35. The van der Waals surface area contributed by atoms with Crippen LogP contribution in [0.4, 0.5) is 4.39 Å². The molecule has 0 spiro atoms. The van der Waals surface area contributed by atoms with Gasteiger partial charge in [0, 0.05) is 11.1 Å². The highest BCUT2D eigenvalue weighted by molar-refractivity contribution is 5.44. The van der Waals surface area contributed by atoms with Crippen LogP contribution in [0, 0.1) is 17.7 Å². The first-order valence-corrected chi connectivity index (χ1v) is 7.86. The molecule has 0 aromatic heterocycles. The topological polar surface area (TPSA) is 23.5 Å². The van der Waals surface area contributed by atoms with E-state index in [2.05, 4.69) is 30.6 Å². The number of rotatable bonds is 5. The number of halogens is 1. The van der Waals surface area contributed by atoms with Gasteiger partial charge >= 0.3 is 0 Å². The monoisotopic (exact) mass is 311 g/mol.